The first-order valence-electron chi connectivity index (χ1n) is 6.42. The highest BCUT2D eigenvalue weighted by atomic mass is 16.4. The fourth-order valence-electron chi connectivity index (χ4n) is 1.91. The van der Waals surface area contributed by atoms with Gasteiger partial charge in [-0.1, -0.05) is 58.8 Å². The van der Waals surface area contributed by atoms with Crippen LogP contribution in [0.2, 0.25) is 0 Å². The van der Waals surface area contributed by atoms with Crippen molar-refractivity contribution in [2.45, 2.75) is 71.6 Å². The molecule has 2 heteroatoms. The zero-order valence-electron chi connectivity index (χ0n) is 10.3. The van der Waals surface area contributed by atoms with E-state index in [2.05, 4.69) is 13.8 Å². The zero-order valence-corrected chi connectivity index (χ0v) is 10.3. The van der Waals surface area contributed by atoms with E-state index in [0.717, 1.165) is 12.8 Å². The Bertz CT molecular complexity index is 155. The quantitative estimate of drug-likeness (QED) is 0.552. The minimum absolute atomic E-state index is 0.353. The van der Waals surface area contributed by atoms with Gasteiger partial charge < -0.3 is 5.11 Å². The van der Waals surface area contributed by atoms with Crippen LogP contribution in [0.25, 0.3) is 0 Å². The summed E-state index contributed by atoms with van der Waals surface area (Å²) in [4.78, 5) is 10.5. The van der Waals surface area contributed by atoms with Gasteiger partial charge in [-0.3, -0.25) is 4.79 Å². The third-order valence-electron chi connectivity index (χ3n) is 3.01. The fourth-order valence-corrected chi connectivity index (χ4v) is 1.91. The smallest absolute Gasteiger partial charge is 0.303 e. The molecule has 0 saturated heterocycles. The van der Waals surface area contributed by atoms with Crippen molar-refractivity contribution in [3.63, 3.8) is 0 Å². The van der Waals surface area contributed by atoms with Gasteiger partial charge in [0.15, 0.2) is 0 Å². The van der Waals surface area contributed by atoms with Crippen LogP contribution >= 0.6 is 0 Å². The normalized spacial score (nSPS) is 12.7. The second kappa shape index (κ2) is 10.0. The summed E-state index contributed by atoms with van der Waals surface area (Å²) in [6.45, 7) is 4.31. The third kappa shape index (κ3) is 9.77. The number of rotatable bonds is 10. The standard InChI is InChI=1S/C13H26O2/c1-3-5-6-7-8-9-10-12(4-2)11-13(14)15/h12H,3-11H2,1-2H3,(H,14,15). The number of carbonyl (C=O) groups is 1. The second-order valence-corrected chi connectivity index (χ2v) is 4.43. The van der Waals surface area contributed by atoms with Crippen LogP contribution in [0, 0.1) is 5.92 Å². The summed E-state index contributed by atoms with van der Waals surface area (Å²) in [5, 5.41) is 8.69. The highest BCUT2D eigenvalue weighted by Gasteiger charge is 2.10. The molecule has 1 atom stereocenters. The molecule has 0 aromatic carbocycles. The molecule has 0 aromatic heterocycles. The van der Waals surface area contributed by atoms with Gasteiger partial charge in [0.05, 0.1) is 0 Å². The minimum Gasteiger partial charge on any atom is -0.481 e. The van der Waals surface area contributed by atoms with E-state index in [4.69, 9.17) is 5.11 Å². The molecule has 0 spiro atoms. The first kappa shape index (κ1) is 14.5. The van der Waals surface area contributed by atoms with Crippen molar-refractivity contribution in [2.75, 3.05) is 0 Å². The number of unbranched alkanes of at least 4 members (excludes halogenated alkanes) is 5. The van der Waals surface area contributed by atoms with Crippen molar-refractivity contribution in [2.24, 2.45) is 5.92 Å². The first-order chi connectivity index (χ1) is 7.20. The summed E-state index contributed by atoms with van der Waals surface area (Å²) in [7, 11) is 0. The summed E-state index contributed by atoms with van der Waals surface area (Å²) in [5.74, 6) is -0.249. The largest absolute Gasteiger partial charge is 0.481 e. The van der Waals surface area contributed by atoms with Crippen LogP contribution in [-0.4, -0.2) is 11.1 Å². The molecule has 0 radical (unpaired) electrons. The van der Waals surface area contributed by atoms with Crippen LogP contribution in [0.4, 0.5) is 0 Å². The van der Waals surface area contributed by atoms with Crippen molar-refractivity contribution >= 4 is 5.97 Å². The van der Waals surface area contributed by atoms with Crippen molar-refractivity contribution < 1.29 is 9.90 Å². The Labute approximate surface area is 94.1 Å². The summed E-state index contributed by atoms with van der Waals surface area (Å²) in [6.07, 6.45) is 10.2. The molecule has 90 valence electrons. The van der Waals surface area contributed by atoms with E-state index in [9.17, 15) is 4.79 Å². The van der Waals surface area contributed by atoms with Gasteiger partial charge in [-0.05, 0) is 12.3 Å². The van der Waals surface area contributed by atoms with E-state index < -0.39 is 5.97 Å². The lowest BCUT2D eigenvalue weighted by molar-refractivity contribution is -0.138. The molecule has 0 aliphatic heterocycles. The van der Waals surface area contributed by atoms with Gasteiger partial charge in [0.25, 0.3) is 0 Å². The number of hydrogen-bond donors (Lipinski definition) is 1. The van der Waals surface area contributed by atoms with Gasteiger partial charge in [0, 0.05) is 6.42 Å². The van der Waals surface area contributed by atoms with Crippen LogP contribution in [0.15, 0.2) is 0 Å². The summed E-state index contributed by atoms with van der Waals surface area (Å²) in [6, 6.07) is 0. The average molecular weight is 214 g/mol. The third-order valence-corrected chi connectivity index (χ3v) is 3.01. The predicted molar refractivity (Wildman–Crippen MR) is 64.0 cm³/mol. The van der Waals surface area contributed by atoms with Crippen molar-refractivity contribution in [1.29, 1.82) is 0 Å². The van der Waals surface area contributed by atoms with Crippen molar-refractivity contribution in [1.82, 2.24) is 0 Å². The maximum Gasteiger partial charge on any atom is 0.303 e. The van der Waals surface area contributed by atoms with Gasteiger partial charge in [-0.25, -0.2) is 0 Å². The summed E-state index contributed by atoms with van der Waals surface area (Å²) < 4.78 is 0. The van der Waals surface area contributed by atoms with E-state index in [-0.39, 0.29) is 0 Å². The summed E-state index contributed by atoms with van der Waals surface area (Å²) >= 11 is 0. The van der Waals surface area contributed by atoms with Crippen LogP contribution in [-0.2, 0) is 4.79 Å². The Morgan fingerprint density at radius 1 is 1.07 bits per heavy atom. The zero-order chi connectivity index (χ0) is 11.5. The van der Waals surface area contributed by atoms with Gasteiger partial charge in [0.2, 0.25) is 0 Å². The molecule has 2 nitrogen and oxygen atoms in total. The minimum atomic E-state index is -0.646. The molecule has 0 saturated carbocycles. The lowest BCUT2D eigenvalue weighted by Crippen LogP contribution is -2.06. The van der Waals surface area contributed by atoms with Crippen LogP contribution < -0.4 is 0 Å². The molecule has 0 bridgehead atoms. The molecule has 0 rings (SSSR count). The Morgan fingerprint density at radius 3 is 2.20 bits per heavy atom. The SMILES string of the molecule is CCCCCCCCC(CC)CC(=O)O. The number of carboxylic acid groups (broad SMARTS) is 1. The van der Waals surface area contributed by atoms with E-state index in [1.165, 1.54) is 38.5 Å². The van der Waals surface area contributed by atoms with Crippen molar-refractivity contribution in [3.05, 3.63) is 0 Å². The Morgan fingerprint density at radius 2 is 1.67 bits per heavy atom. The highest BCUT2D eigenvalue weighted by molar-refractivity contribution is 5.66. The number of hydrogen-bond acceptors (Lipinski definition) is 1. The van der Waals surface area contributed by atoms with Crippen LogP contribution in [0.1, 0.15) is 71.6 Å². The molecule has 0 aliphatic carbocycles. The molecule has 15 heavy (non-hydrogen) atoms. The fraction of sp³-hybridized carbons (Fsp3) is 0.923. The topological polar surface area (TPSA) is 37.3 Å². The maximum absolute atomic E-state index is 10.5. The van der Waals surface area contributed by atoms with Crippen LogP contribution in [0.5, 0.6) is 0 Å². The van der Waals surface area contributed by atoms with E-state index in [0.29, 0.717) is 12.3 Å². The van der Waals surface area contributed by atoms with E-state index >= 15 is 0 Å². The van der Waals surface area contributed by atoms with Gasteiger partial charge in [-0.15, -0.1) is 0 Å². The molecule has 1 N–H and O–H groups in total. The lowest BCUT2D eigenvalue weighted by Gasteiger charge is -2.11. The highest BCUT2D eigenvalue weighted by Crippen LogP contribution is 2.18. The maximum atomic E-state index is 10.5. The molecule has 0 heterocycles. The van der Waals surface area contributed by atoms with E-state index in [1.807, 2.05) is 0 Å². The Balaban J connectivity index is 3.34. The summed E-state index contributed by atoms with van der Waals surface area (Å²) in [5.41, 5.74) is 0. The molecule has 0 aromatic rings. The van der Waals surface area contributed by atoms with Gasteiger partial charge in [0.1, 0.15) is 0 Å². The monoisotopic (exact) mass is 214 g/mol. The lowest BCUT2D eigenvalue weighted by atomic mass is 9.95. The molecule has 0 amide bonds. The molecule has 0 aliphatic rings. The van der Waals surface area contributed by atoms with Gasteiger partial charge in [-0.2, -0.15) is 0 Å². The van der Waals surface area contributed by atoms with Crippen molar-refractivity contribution in [3.8, 4) is 0 Å². The first-order valence-corrected chi connectivity index (χ1v) is 6.42. The Hall–Kier alpha value is -0.530. The number of carboxylic acids is 1. The van der Waals surface area contributed by atoms with Gasteiger partial charge >= 0.3 is 5.97 Å². The Kier molecular flexibility index (Phi) is 9.65. The predicted octanol–water partition coefficient (Wildman–Crippen LogP) is 4.24. The molecular weight excluding hydrogens is 188 g/mol. The molecule has 0 fully saturated rings. The van der Waals surface area contributed by atoms with Crippen LogP contribution in [0.3, 0.4) is 0 Å². The molecular formula is C13H26O2. The van der Waals surface area contributed by atoms with E-state index in [1.54, 1.807) is 0 Å². The average Bonchev–Trinajstić information content (AvgIpc) is 2.20. The number of aliphatic carboxylic acids is 1. The molecule has 1 unspecified atom stereocenters. The second-order valence-electron chi connectivity index (χ2n) is 4.43.